The van der Waals surface area contributed by atoms with Crippen LogP contribution in [-0.2, 0) is 17.6 Å². The average molecular weight is 385 g/mol. The molecule has 2 N–H and O–H groups in total. The summed E-state index contributed by atoms with van der Waals surface area (Å²) >= 11 is 0. The fraction of sp³-hybridized carbons (Fsp3) is 0.435. The zero-order valence-electron chi connectivity index (χ0n) is 17.4. The Morgan fingerprint density at radius 3 is 2.46 bits per heavy atom. The van der Waals surface area contributed by atoms with Gasteiger partial charge in [-0.2, -0.15) is 0 Å². The number of aryl methyl sites for hydroxylation is 3. The first-order chi connectivity index (χ1) is 13.5. The van der Waals surface area contributed by atoms with E-state index in [-0.39, 0.29) is 5.91 Å². The van der Waals surface area contributed by atoms with Gasteiger partial charge < -0.3 is 20.1 Å². The monoisotopic (exact) mass is 384 g/mol. The van der Waals surface area contributed by atoms with Crippen LogP contribution >= 0.6 is 0 Å². The van der Waals surface area contributed by atoms with Gasteiger partial charge in [0.2, 0.25) is 5.91 Å². The highest BCUT2D eigenvalue weighted by molar-refractivity contribution is 5.78. The van der Waals surface area contributed by atoms with Crippen LogP contribution in [0.5, 0.6) is 11.5 Å². The molecule has 2 aromatic carbocycles. The van der Waals surface area contributed by atoms with Crippen molar-refractivity contribution in [3.05, 3.63) is 58.7 Å². The first kappa shape index (κ1) is 21.8. The minimum Gasteiger partial charge on any atom is -0.493 e. The van der Waals surface area contributed by atoms with E-state index in [1.165, 1.54) is 16.7 Å². The quantitative estimate of drug-likeness (QED) is 0.584. The Labute approximate surface area is 168 Å². The van der Waals surface area contributed by atoms with Crippen molar-refractivity contribution in [3.63, 3.8) is 0 Å². The van der Waals surface area contributed by atoms with Crippen molar-refractivity contribution in [2.75, 3.05) is 33.9 Å². The molecule has 0 unspecified atom stereocenters. The lowest BCUT2D eigenvalue weighted by atomic mass is 10.0. The molecule has 0 radical (unpaired) electrons. The topological polar surface area (TPSA) is 59.6 Å². The predicted octanol–water partition coefficient (Wildman–Crippen LogP) is 3.20. The highest BCUT2D eigenvalue weighted by Gasteiger charge is 2.09. The van der Waals surface area contributed by atoms with E-state index in [0.717, 1.165) is 24.9 Å². The fourth-order valence-electron chi connectivity index (χ4n) is 2.93. The fourth-order valence-corrected chi connectivity index (χ4v) is 2.93. The molecule has 0 fully saturated rings. The number of benzene rings is 2. The lowest BCUT2D eigenvalue weighted by Gasteiger charge is -2.12. The molecule has 0 bridgehead atoms. The van der Waals surface area contributed by atoms with Gasteiger partial charge in [-0.1, -0.05) is 24.3 Å². The molecule has 5 nitrogen and oxygen atoms in total. The highest BCUT2D eigenvalue weighted by atomic mass is 16.5. The summed E-state index contributed by atoms with van der Waals surface area (Å²) in [5, 5.41) is 6.04. The third-order valence-corrected chi connectivity index (χ3v) is 4.74. The normalized spacial score (nSPS) is 10.6. The Morgan fingerprint density at radius 2 is 1.75 bits per heavy atom. The van der Waals surface area contributed by atoms with Crippen LogP contribution in [0.2, 0.25) is 0 Å². The van der Waals surface area contributed by atoms with Crippen LogP contribution in [0.25, 0.3) is 0 Å². The molecule has 0 heterocycles. The lowest BCUT2D eigenvalue weighted by molar-refractivity contribution is -0.120. The van der Waals surface area contributed by atoms with E-state index < -0.39 is 0 Å². The highest BCUT2D eigenvalue weighted by Crippen LogP contribution is 2.28. The summed E-state index contributed by atoms with van der Waals surface area (Å²) in [6, 6.07) is 12.2. The number of nitrogens with one attached hydrogen (secondary N) is 2. The second-order valence-corrected chi connectivity index (χ2v) is 6.99. The van der Waals surface area contributed by atoms with Gasteiger partial charge in [-0.25, -0.2) is 0 Å². The van der Waals surface area contributed by atoms with E-state index in [9.17, 15) is 4.79 Å². The Kier molecular flexibility index (Phi) is 8.82. The number of carbonyl (C=O) groups is 1. The first-order valence-electron chi connectivity index (χ1n) is 9.80. The molecule has 0 aromatic heterocycles. The van der Waals surface area contributed by atoms with E-state index >= 15 is 0 Å². The maximum atomic E-state index is 12.2. The summed E-state index contributed by atoms with van der Waals surface area (Å²) < 4.78 is 11.1. The Morgan fingerprint density at radius 1 is 0.964 bits per heavy atom. The molecule has 0 atom stereocenters. The van der Waals surface area contributed by atoms with E-state index in [4.69, 9.17) is 9.47 Å². The van der Waals surface area contributed by atoms with E-state index in [2.05, 4.69) is 42.7 Å². The van der Waals surface area contributed by atoms with Gasteiger partial charge in [-0.3, -0.25) is 4.79 Å². The molecule has 5 heteroatoms. The third kappa shape index (κ3) is 6.89. The van der Waals surface area contributed by atoms with Crippen LogP contribution in [0.3, 0.4) is 0 Å². The van der Waals surface area contributed by atoms with Gasteiger partial charge in [-0.15, -0.1) is 0 Å². The minimum atomic E-state index is 0.0194. The van der Waals surface area contributed by atoms with Gasteiger partial charge in [0.25, 0.3) is 0 Å². The van der Waals surface area contributed by atoms with Crippen LogP contribution in [-0.4, -0.2) is 39.8 Å². The Balaban J connectivity index is 1.78. The molecule has 152 valence electrons. The molecule has 0 aliphatic heterocycles. The number of hydrogen-bond donors (Lipinski definition) is 2. The van der Waals surface area contributed by atoms with Crippen LogP contribution in [0.1, 0.15) is 28.7 Å². The molecular weight excluding hydrogens is 352 g/mol. The molecule has 0 spiro atoms. The molecule has 0 saturated carbocycles. The number of carbonyl (C=O) groups excluding carboxylic acids is 1. The van der Waals surface area contributed by atoms with Crippen LogP contribution in [0.4, 0.5) is 0 Å². The standard InChI is InChI=1S/C23H32N2O3/c1-17-7-8-19(14-18(17)2)6-5-11-25-23(26)16-20-9-10-21(22(15-20)27-4)28-13-12-24-3/h7-10,14-15,24H,5-6,11-13,16H2,1-4H3,(H,25,26). The average Bonchev–Trinajstić information content (AvgIpc) is 2.69. The molecule has 2 aromatic rings. The maximum absolute atomic E-state index is 12.2. The maximum Gasteiger partial charge on any atom is 0.224 e. The number of ether oxygens (including phenoxy) is 2. The van der Waals surface area contributed by atoms with Gasteiger partial charge in [0.1, 0.15) is 6.61 Å². The lowest BCUT2D eigenvalue weighted by Crippen LogP contribution is -2.26. The molecule has 2 rings (SSSR count). The summed E-state index contributed by atoms with van der Waals surface area (Å²) in [4.78, 5) is 12.2. The van der Waals surface area contributed by atoms with Gasteiger partial charge in [0.05, 0.1) is 13.5 Å². The number of likely N-dealkylation sites (N-methyl/N-ethyl adjacent to an activating group) is 1. The van der Waals surface area contributed by atoms with Gasteiger partial charge in [-0.05, 0) is 68.1 Å². The molecule has 0 aliphatic carbocycles. The largest absolute Gasteiger partial charge is 0.493 e. The summed E-state index contributed by atoms with van der Waals surface area (Å²) in [5.41, 5.74) is 4.85. The predicted molar refractivity (Wildman–Crippen MR) is 113 cm³/mol. The summed E-state index contributed by atoms with van der Waals surface area (Å²) in [6.07, 6.45) is 2.22. The Bertz CT molecular complexity index is 774. The molecule has 0 saturated heterocycles. The van der Waals surface area contributed by atoms with E-state index in [1.54, 1.807) is 7.11 Å². The minimum absolute atomic E-state index is 0.0194. The van der Waals surface area contributed by atoms with Crippen LogP contribution < -0.4 is 20.1 Å². The van der Waals surface area contributed by atoms with E-state index in [1.807, 2.05) is 25.2 Å². The Hall–Kier alpha value is -2.53. The number of hydrogen-bond acceptors (Lipinski definition) is 4. The molecule has 0 aliphatic rings. The summed E-state index contributed by atoms with van der Waals surface area (Å²) in [6.45, 7) is 6.25. The van der Waals surface area contributed by atoms with Gasteiger partial charge in [0.15, 0.2) is 11.5 Å². The smallest absolute Gasteiger partial charge is 0.224 e. The van der Waals surface area contributed by atoms with Crippen molar-refractivity contribution in [1.82, 2.24) is 10.6 Å². The van der Waals surface area contributed by atoms with Crippen molar-refractivity contribution in [2.45, 2.75) is 33.1 Å². The zero-order valence-corrected chi connectivity index (χ0v) is 17.4. The molecular formula is C23H32N2O3. The SMILES string of the molecule is CNCCOc1ccc(CC(=O)NCCCc2ccc(C)c(C)c2)cc1OC. The van der Waals surface area contributed by atoms with Crippen molar-refractivity contribution in [3.8, 4) is 11.5 Å². The number of methoxy groups -OCH3 is 1. The van der Waals surface area contributed by atoms with Crippen molar-refractivity contribution in [2.24, 2.45) is 0 Å². The van der Waals surface area contributed by atoms with Crippen LogP contribution in [0.15, 0.2) is 36.4 Å². The van der Waals surface area contributed by atoms with Crippen molar-refractivity contribution >= 4 is 5.91 Å². The van der Waals surface area contributed by atoms with Crippen LogP contribution in [0, 0.1) is 13.8 Å². The molecule has 28 heavy (non-hydrogen) atoms. The van der Waals surface area contributed by atoms with Crippen molar-refractivity contribution in [1.29, 1.82) is 0 Å². The zero-order chi connectivity index (χ0) is 20.4. The first-order valence-corrected chi connectivity index (χ1v) is 9.80. The second kappa shape index (κ2) is 11.3. The van der Waals surface area contributed by atoms with E-state index in [0.29, 0.717) is 31.1 Å². The van der Waals surface area contributed by atoms with Gasteiger partial charge >= 0.3 is 0 Å². The molecule has 1 amide bonds. The number of amides is 1. The summed E-state index contributed by atoms with van der Waals surface area (Å²) in [5.74, 6) is 1.36. The third-order valence-electron chi connectivity index (χ3n) is 4.74. The van der Waals surface area contributed by atoms with Gasteiger partial charge in [0, 0.05) is 13.1 Å². The second-order valence-electron chi connectivity index (χ2n) is 6.99. The van der Waals surface area contributed by atoms with Crippen molar-refractivity contribution < 1.29 is 14.3 Å². The number of rotatable bonds is 11. The summed E-state index contributed by atoms with van der Waals surface area (Å²) in [7, 11) is 3.49.